The molecular formula is C18H25N3O6. The van der Waals surface area contributed by atoms with Crippen LogP contribution < -0.4 is 20.7 Å². The Hall–Kier alpha value is -3.10. The molecule has 9 heteroatoms. The molecule has 3 N–H and O–H groups in total. The third-order valence-electron chi connectivity index (χ3n) is 3.43. The molecule has 27 heavy (non-hydrogen) atoms. The van der Waals surface area contributed by atoms with Crippen LogP contribution in [-0.2, 0) is 19.1 Å². The van der Waals surface area contributed by atoms with E-state index in [-0.39, 0.29) is 12.5 Å². The fraction of sp³-hybridized carbons (Fsp3) is 0.444. The van der Waals surface area contributed by atoms with E-state index in [1.165, 1.54) is 14.0 Å². The molecular weight excluding hydrogens is 354 g/mol. The number of methoxy groups -OCH3 is 1. The smallest absolute Gasteiger partial charge is 0.325 e. The van der Waals surface area contributed by atoms with Gasteiger partial charge in [-0.2, -0.15) is 0 Å². The van der Waals surface area contributed by atoms with Gasteiger partial charge in [0.2, 0.25) is 5.91 Å². The highest BCUT2D eigenvalue weighted by Crippen LogP contribution is 2.10. The maximum atomic E-state index is 11.9. The van der Waals surface area contributed by atoms with Crippen molar-refractivity contribution in [3.8, 4) is 5.75 Å². The van der Waals surface area contributed by atoms with E-state index in [4.69, 9.17) is 9.47 Å². The summed E-state index contributed by atoms with van der Waals surface area (Å²) < 4.78 is 9.77. The van der Waals surface area contributed by atoms with Crippen molar-refractivity contribution in [2.75, 3.05) is 26.8 Å². The van der Waals surface area contributed by atoms with Crippen molar-refractivity contribution in [2.45, 2.75) is 26.3 Å². The molecule has 0 aromatic heterocycles. The van der Waals surface area contributed by atoms with E-state index in [0.717, 1.165) is 6.42 Å². The van der Waals surface area contributed by atoms with Crippen LogP contribution >= 0.6 is 0 Å². The van der Waals surface area contributed by atoms with Crippen LogP contribution in [0.2, 0.25) is 0 Å². The molecule has 0 spiro atoms. The van der Waals surface area contributed by atoms with Crippen LogP contribution in [0.15, 0.2) is 24.3 Å². The monoisotopic (exact) mass is 379 g/mol. The summed E-state index contributed by atoms with van der Waals surface area (Å²) in [4.78, 5) is 46.9. The number of benzene rings is 1. The summed E-state index contributed by atoms with van der Waals surface area (Å²) in [6.45, 7) is 3.03. The van der Waals surface area contributed by atoms with Gasteiger partial charge in [0.1, 0.15) is 18.3 Å². The van der Waals surface area contributed by atoms with Gasteiger partial charge in [0.25, 0.3) is 11.8 Å². The number of carbonyl (C=O) groups excluding carboxylic acids is 4. The van der Waals surface area contributed by atoms with Crippen molar-refractivity contribution in [2.24, 2.45) is 0 Å². The van der Waals surface area contributed by atoms with Crippen LogP contribution in [0.5, 0.6) is 5.75 Å². The number of esters is 1. The molecule has 0 bridgehead atoms. The second kappa shape index (κ2) is 11.5. The van der Waals surface area contributed by atoms with Gasteiger partial charge in [-0.3, -0.25) is 19.2 Å². The van der Waals surface area contributed by atoms with Gasteiger partial charge in [0.05, 0.1) is 7.11 Å². The van der Waals surface area contributed by atoms with Crippen molar-refractivity contribution < 1.29 is 28.7 Å². The zero-order chi connectivity index (χ0) is 20.2. The van der Waals surface area contributed by atoms with Gasteiger partial charge >= 0.3 is 5.97 Å². The van der Waals surface area contributed by atoms with Crippen LogP contribution in [0.25, 0.3) is 0 Å². The number of rotatable bonds is 10. The molecule has 0 radical (unpaired) electrons. The Labute approximate surface area is 157 Å². The quantitative estimate of drug-likeness (QED) is 0.492. The SMILES string of the molecule is CCCNC(=O)[C@@H](C)NC(=O)COC(=O)CNC(=O)c1ccc(OC)cc1. The van der Waals surface area contributed by atoms with Crippen molar-refractivity contribution in [3.05, 3.63) is 29.8 Å². The van der Waals surface area contributed by atoms with Gasteiger partial charge in [0.15, 0.2) is 6.61 Å². The van der Waals surface area contributed by atoms with Crippen molar-refractivity contribution in [3.63, 3.8) is 0 Å². The molecule has 1 aromatic rings. The minimum atomic E-state index is -0.768. The van der Waals surface area contributed by atoms with Gasteiger partial charge in [-0.25, -0.2) is 0 Å². The maximum Gasteiger partial charge on any atom is 0.325 e. The average molecular weight is 379 g/mol. The Bertz CT molecular complexity index is 660. The van der Waals surface area contributed by atoms with Crippen LogP contribution in [0, 0.1) is 0 Å². The molecule has 3 amide bonds. The summed E-state index contributed by atoms with van der Waals surface area (Å²) in [6.07, 6.45) is 0.784. The van der Waals surface area contributed by atoms with Gasteiger partial charge in [-0.1, -0.05) is 6.92 Å². The lowest BCUT2D eigenvalue weighted by molar-refractivity contribution is -0.147. The third-order valence-corrected chi connectivity index (χ3v) is 3.43. The van der Waals surface area contributed by atoms with E-state index in [0.29, 0.717) is 17.9 Å². The predicted octanol–water partition coefficient (Wildman–Crippen LogP) is -0.000900. The van der Waals surface area contributed by atoms with Crippen LogP contribution in [0.1, 0.15) is 30.6 Å². The molecule has 1 aromatic carbocycles. The standard InChI is InChI=1S/C18H25N3O6/c1-4-9-19-17(24)12(2)21-15(22)11-27-16(23)10-20-18(25)13-5-7-14(26-3)8-6-13/h5-8,12H,4,9-11H2,1-3H3,(H,19,24)(H,20,25)(H,21,22)/t12-/m1/s1. The Morgan fingerprint density at radius 1 is 1.07 bits per heavy atom. The Balaban J connectivity index is 2.30. The molecule has 0 fully saturated rings. The summed E-state index contributed by atoms with van der Waals surface area (Å²) in [6, 6.07) is 5.61. The van der Waals surface area contributed by atoms with E-state index in [9.17, 15) is 19.2 Å². The highest BCUT2D eigenvalue weighted by atomic mass is 16.5. The normalized spacial score (nSPS) is 11.1. The van der Waals surface area contributed by atoms with Gasteiger partial charge in [-0.15, -0.1) is 0 Å². The van der Waals surface area contributed by atoms with Gasteiger partial charge < -0.3 is 25.4 Å². The minimum absolute atomic E-state index is 0.316. The lowest BCUT2D eigenvalue weighted by atomic mass is 10.2. The number of ether oxygens (including phenoxy) is 2. The lowest BCUT2D eigenvalue weighted by Crippen LogP contribution is -2.46. The first kappa shape index (κ1) is 21.9. The number of amides is 3. The first-order valence-corrected chi connectivity index (χ1v) is 8.52. The fourth-order valence-electron chi connectivity index (χ4n) is 1.94. The Morgan fingerprint density at radius 2 is 1.74 bits per heavy atom. The molecule has 0 heterocycles. The molecule has 0 saturated heterocycles. The largest absolute Gasteiger partial charge is 0.497 e. The van der Waals surface area contributed by atoms with Gasteiger partial charge in [0, 0.05) is 12.1 Å². The summed E-state index contributed by atoms with van der Waals surface area (Å²) >= 11 is 0. The first-order chi connectivity index (χ1) is 12.9. The summed E-state index contributed by atoms with van der Waals surface area (Å²) in [7, 11) is 1.51. The zero-order valence-corrected chi connectivity index (χ0v) is 15.7. The van der Waals surface area contributed by atoms with Gasteiger partial charge in [-0.05, 0) is 37.6 Å². The number of nitrogens with one attached hydrogen (secondary N) is 3. The van der Waals surface area contributed by atoms with Crippen LogP contribution in [-0.4, -0.2) is 56.5 Å². The molecule has 0 aliphatic rings. The fourth-order valence-corrected chi connectivity index (χ4v) is 1.94. The molecule has 0 aliphatic carbocycles. The Morgan fingerprint density at radius 3 is 2.33 bits per heavy atom. The lowest BCUT2D eigenvalue weighted by Gasteiger charge is -2.14. The molecule has 9 nitrogen and oxygen atoms in total. The van der Waals surface area contributed by atoms with E-state index >= 15 is 0 Å². The van der Waals surface area contributed by atoms with E-state index in [2.05, 4.69) is 16.0 Å². The molecule has 0 saturated carbocycles. The predicted molar refractivity (Wildman–Crippen MR) is 97.2 cm³/mol. The molecule has 0 unspecified atom stereocenters. The van der Waals surface area contributed by atoms with Crippen LogP contribution in [0.3, 0.4) is 0 Å². The van der Waals surface area contributed by atoms with Crippen LogP contribution in [0.4, 0.5) is 0 Å². The maximum absolute atomic E-state index is 11.9. The van der Waals surface area contributed by atoms with Crippen molar-refractivity contribution in [1.82, 2.24) is 16.0 Å². The third kappa shape index (κ3) is 8.21. The second-order valence-electron chi connectivity index (χ2n) is 5.65. The first-order valence-electron chi connectivity index (χ1n) is 8.52. The summed E-state index contributed by atoms with van der Waals surface area (Å²) in [5.41, 5.74) is 0.355. The van der Waals surface area contributed by atoms with Crippen molar-refractivity contribution in [1.29, 1.82) is 0 Å². The summed E-state index contributed by atoms with van der Waals surface area (Å²) in [5.74, 6) is -1.54. The number of hydrogen-bond acceptors (Lipinski definition) is 6. The summed E-state index contributed by atoms with van der Waals surface area (Å²) in [5, 5.41) is 7.45. The molecule has 1 atom stereocenters. The van der Waals surface area contributed by atoms with E-state index < -0.39 is 30.4 Å². The second-order valence-corrected chi connectivity index (χ2v) is 5.65. The highest BCUT2D eigenvalue weighted by Gasteiger charge is 2.16. The zero-order valence-electron chi connectivity index (χ0n) is 15.7. The molecule has 148 valence electrons. The topological polar surface area (TPSA) is 123 Å². The van der Waals surface area contributed by atoms with E-state index in [1.807, 2.05) is 6.92 Å². The minimum Gasteiger partial charge on any atom is -0.497 e. The number of hydrogen-bond donors (Lipinski definition) is 3. The number of carbonyl (C=O) groups is 4. The van der Waals surface area contributed by atoms with E-state index in [1.54, 1.807) is 24.3 Å². The van der Waals surface area contributed by atoms with Crippen molar-refractivity contribution >= 4 is 23.7 Å². The average Bonchev–Trinajstić information content (AvgIpc) is 2.68. The molecule has 0 aliphatic heterocycles. The molecule has 1 rings (SSSR count). The highest BCUT2D eigenvalue weighted by molar-refractivity contribution is 5.96. The Kier molecular flexibility index (Phi) is 9.35.